The van der Waals surface area contributed by atoms with Gasteiger partial charge < -0.3 is 4.57 Å². The summed E-state index contributed by atoms with van der Waals surface area (Å²) in [6.45, 7) is 3.69. The second-order valence-corrected chi connectivity index (χ2v) is 21.6. The monoisotopic (exact) mass is 823 g/mol. The molecular formula is C57H50N3OP. The van der Waals surface area contributed by atoms with Gasteiger partial charge in [-0.3, -0.25) is 0 Å². The molecule has 0 radical (unpaired) electrons. The van der Waals surface area contributed by atoms with E-state index >= 15 is 0 Å². The van der Waals surface area contributed by atoms with Crippen LogP contribution >= 0.6 is 7.14 Å². The van der Waals surface area contributed by atoms with E-state index in [0.29, 0.717) is 29.3 Å². The van der Waals surface area contributed by atoms with Crippen molar-refractivity contribution in [1.29, 1.82) is 0 Å². The molecular weight excluding hydrogens is 774 g/mol. The number of aromatic nitrogens is 3. The number of benzene rings is 7. The summed E-state index contributed by atoms with van der Waals surface area (Å²) in [7, 11) is -2.33. The minimum absolute atomic E-state index is 0.0647. The third-order valence-electron chi connectivity index (χ3n) is 14.3. The first-order valence-electron chi connectivity index (χ1n) is 22.2. The van der Waals surface area contributed by atoms with Crippen molar-refractivity contribution in [2.24, 2.45) is 23.7 Å². The zero-order valence-electron chi connectivity index (χ0n) is 35.4. The molecule has 1 aromatic heterocycles. The zero-order chi connectivity index (χ0) is 41.8. The molecule has 0 aliphatic heterocycles. The van der Waals surface area contributed by atoms with Crippen LogP contribution in [0, 0.1) is 23.7 Å². The third-order valence-corrected chi connectivity index (χ3v) is 15.9. The van der Waals surface area contributed by atoms with E-state index < -0.39 is 7.14 Å². The predicted octanol–water partition coefficient (Wildman–Crippen LogP) is 13.9. The van der Waals surface area contributed by atoms with Crippen molar-refractivity contribution in [3.63, 3.8) is 0 Å². The van der Waals surface area contributed by atoms with Gasteiger partial charge in [0.2, 0.25) is 0 Å². The van der Waals surface area contributed by atoms with E-state index in [1.807, 2.05) is 31.5 Å². The second-order valence-electron chi connectivity index (χ2n) is 18.4. The maximum Gasteiger partial charge on any atom is 0.164 e. The molecule has 8 aromatic rings. The fourth-order valence-electron chi connectivity index (χ4n) is 11.7. The van der Waals surface area contributed by atoms with E-state index in [2.05, 4.69) is 164 Å². The number of nitrogens with zero attached hydrogens (tertiary/aromatic N) is 3. The van der Waals surface area contributed by atoms with Crippen LogP contribution in [0.5, 0.6) is 0 Å². The highest BCUT2D eigenvalue weighted by Crippen LogP contribution is 2.65. The zero-order valence-corrected chi connectivity index (χ0v) is 36.3. The van der Waals surface area contributed by atoms with Crippen LogP contribution in [0.4, 0.5) is 0 Å². The van der Waals surface area contributed by atoms with E-state index in [1.54, 1.807) is 0 Å². The van der Waals surface area contributed by atoms with Crippen LogP contribution in [0.3, 0.4) is 0 Å². The Morgan fingerprint density at radius 2 is 0.823 bits per heavy atom. The van der Waals surface area contributed by atoms with Gasteiger partial charge in [0, 0.05) is 27.4 Å². The van der Waals surface area contributed by atoms with Crippen LogP contribution in [0.1, 0.15) is 43.2 Å². The highest BCUT2D eigenvalue weighted by Gasteiger charge is 2.58. The van der Waals surface area contributed by atoms with Gasteiger partial charge in [0.05, 0.1) is 0 Å². The van der Waals surface area contributed by atoms with Crippen LogP contribution in [0.15, 0.2) is 182 Å². The molecule has 5 heteroatoms. The average molecular weight is 824 g/mol. The standard InChI is InChI=1S/C57H50N3OP/c1-62(2,61)51-30-26-40(27-31-51)46-16-11-17-48(37-46)57(49-33-38-32-39(35-49)36-50(57)34-38)47-28-24-45(25-29-47)56-59-54(43-14-7-4-8-15-43)58-55(60-56)44-22-20-42(21-23-44)53-19-10-9-18-52(53)41-12-5-3-6-13-41/h3-31,37-39,49-50H,32-36H2,1-2H3. The largest absolute Gasteiger partial charge is 0.319 e. The van der Waals surface area contributed by atoms with E-state index in [9.17, 15) is 4.57 Å². The molecule has 4 aliphatic rings. The number of hydrogen-bond acceptors (Lipinski definition) is 4. The quantitative estimate of drug-likeness (QED) is 0.136. The van der Waals surface area contributed by atoms with Crippen molar-refractivity contribution in [2.45, 2.75) is 37.5 Å². The first-order valence-corrected chi connectivity index (χ1v) is 24.8. The third kappa shape index (κ3) is 6.95. The average Bonchev–Trinajstić information content (AvgIpc) is 3.32. The molecule has 0 unspecified atom stereocenters. The molecule has 62 heavy (non-hydrogen) atoms. The van der Waals surface area contributed by atoms with Gasteiger partial charge in [0.15, 0.2) is 17.5 Å². The molecule has 4 fully saturated rings. The lowest BCUT2D eigenvalue weighted by Gasteiger charge is -2.62. The summed E-state index contributed by atoms with van der Waals surface area (Å²) in [6.07, 6.45) is 6.59. The normalized spacial score (nSPS) is 21.5. The van der Waals surface area contributed by atoms with Gasteiger partial charge in [-0.15, -0.1) is 0 Å². The lowest BCUT2D eigenvalue weighted by atomic mass is 9.42. The van der Waals surface area contributed by atoms with Gasteiger partial charge in [-0.25, -0.2) is 15.0 Å². The van der Waals surface area contributed by atoms with Crippen LogP contribution < -0.4 is 5.30 Å². The Morgan fingerprint density at radius 3 is 1.35 bits per heavy atom. The summed E-state index contributed by atoms with van der Waals surface area (Å²) in [5.74, 6) is 4.88. The van der Waals surface area contributed by atoms with Crippen LogP contribution in [-0.2, 0) is 9.98 Å². The van der Waals surface area contributed by atoms with Crippen molar-refractivity contribution in [1.82, 2.24) is 15.0 Å². The molecule has 4 bridgehead atoms. The number of rotatable bonds is 9. The molecule has 4 saturated carbocycles. The maximum atomic E-state index is 12.8. The van der Waals surface area contributed by atoms with Crippen LogP contribution in [0.2, 0.25) is 0 Å². The molecule has 304 valence electrons. The fourth-order valence-corrected chi connectivity index (χ4v) is 12.5. The van der Waals surface area contributed by atoms with Crippen LogP contribution in [0.25, 0.3) is 67.5 Å². The topological polar surface area (TPSA) is 55.7 Å². The van der Waals surface area contributed by atoms with Gasteiger partial charge >= 0.3 is 0 Å². The van der Waals surface area contributed by atoms with Crippen molar-refractivity contribution in [3.8, 4) is 67.5 Å². The lowest BCUT2D eigenvalue weighted by molar-refractivity contribution is -0.0418. The Hall–Kier alpha value is -6.22. The first-order chi connectivity index (χ1) is 30.3. The molecule has 4 nitrogen and oxygen atoms in total. The Bertz CT molecular complexity index is 2910. The summed E-state index contributed by atoms with van der Waals surface area (Å²) in [5, 5.41) is 0.926. The lowest BCUT2D eigenvalue weighted by Crippen LogP contribution is -2.56. The van der Waals surface area contributed by atoms with Crippen molar-refractivity contribution >= 4 is 12.4 Å². The summed E-state index contributed by atoms with van der Waals surface area (Å²) in [5.41, 5.74) is 12.8. The summed E-state index contributed by atoms with van der Waals surface area (Å²) < 4.78 is 12.8. The molecule has 0 amide bonds. The second kappa shape index (κ2) is 15.6. The summed E-state index contributed by atoms with van der Waals surface area (Å²) >= 11 is 0. The SMILES string of the molecule is CP(C)(=O)c1ccc(-c2cccc(C3(c4ccc(-c5nc(-c6ccccc6)nc(-c6ccc(-c7ccccc7-c7ccccc7)cc6)n5)cc4)C4CC5CC(C4)CC3C5)c2)cc1. The highest BCUT2D eigenvalue weighted by atomic mass is 31.2. The predicted molar refractivity (Wildman–Crippen MR) is 256 cm³/mol. The molecule has 1 heterocycles. The van der Waals surface area contributed by atoms with Gasteiger partial charge in [-0.2, -0.15) is 0 Å². The summed E-state index contributed by atoms with van der Waals surface area (Å²) in [6, 6.07) is 65.1. The Morgan fingerprint density at radius 1 is 0.403 bits per heavy atom. The Kier molecular flexibility index (Phi) is 9.73. The Balaban J connectivity index is 0.974. The minimum Gasteiger partial charge on any atom is -0.319 e. The van der Waals surface area contributed by atoms with Crippen molar-refractivity contribution in [2.75, 3.05) is 13.3 Å². The van der Waals surface area contributed by atoms with E-state index in [0.717, 1.165) is 39.4 Å². The van der Waals surface area contributed by atoms with Gasteiger partial charge in [0.1, 0.15) is 7.14 Å². The van der Waals surface area contributed by atoms with Gasteiger partial charge in [-0.05, 0) is 114 Å². The van der Waals surface area contributed by atoms with Gasteiger partial charge in [0.25, 0.3) is 0 Å². The molecule has 12 rings (SSSR count). The molecule has 0 saturated heterocycles. The van der Waals surface area contributed by atoms with E-state index in [1.165, 1.54) is 71.0 Å². The smallest absolute Gasteiger partial charge is 0.164 e. The fraction of sp³-hybridized carbons (Fsp3) is 0.211. The molecule has 0 spiro atoms. The van der Waals surface area contributed by atoms with Crippen LogP contribution in [-0.4, -0.2) is 28.3 Å². The molecule has 7 aromatic carbocycles. The molecule has 0 N–H and O–H groups in total. The highest BCUT2D eigenvalue weighted by molar-refractivity contribution is 7.70. The molecule has 0 atom stereocenters. The maximum absolute atomic E-state index is 12.8. The van der Waals surface area contributed by atoms with Crippen molar-refractivity contribution < 1.29 is 4.57 Å². The van der Waals surface area contributed by atoms with E-state index in [4.69, 9.17) is 15.0 Å². The first kappa shape index (κ1) is 38.7. The van der Waals surface area contributed by atoms with E-state index in [-0.39, 0.29) is 5.41 Å². The van der Waals surface area contributed by atoms with Crippen molar-refractivity contribution in [3.05, 3.63) is 193 Å². The van der Waals surface area contributed by atoms with Gasteiger partial charge in [-0.1, -0.05) is 182 Å². The summed E-state index contributed by atoms with van der Waals surface area (Å²) in [4.78, 5) is 15.4. The Labute approximate surface area is 365 Å². The molecule has 4 aliphatic carbocycles. The number of hydrogen-bond donors (Lipinski definition) is 0. The minimum atomic E-state index is -2.33.